The quantitative estimate of drug-likeness (QED) is 0.859. The average molecular weight is 255 g/mol. The Labute approximate surface area is 114 Å². The number of nitrogens with two attached hydrogens (primary N) is 1. The van der Waals surface area contributed by atoms with Gasteiger partial charge in [0.1, 0.15) is 5.78 Å². The van der Waals surface area contributed by atoms with Crippen molar-refractivity contribution in [3.05, 3.63) is 48.0 Å². The van der Waals surface area contributed by atoms with E-state index in [1.54, 1.807) is 0 Å². The second kappa shape index (κ2) is 6.48. The first-order valence-electron chi connectivity index (χ1n) is 6.91. The van der Waals surface area contributed by atoms with Crippen molar-refractivity contribution in [2.75, 3.05) is 0 Å². The molecular weight excluding hydrogens is 234 g/mol. The Morgan fingerprint density at radius 3 is 2.68 bits per heavy atom. The van der Waals surface area contributed by atoms with Gasteiger partial charge in [-0.15, -0.1) is 0 Å². The number of benzene rings is 2. The highest BCUT2D eigenvalue weighted by atomic mass is 16.1. The molecule has 1 unspecified atom stereocenters. The zero-order valence-corrected chi connectivity index (χ0v) is 11.4. The van der Waals surface area contributed by atoms with Crippen LogP contribution in [0.25, 0.3) is 10.8 Å². The fraction of sp³-hybridized carbons (Fsp3) is 0.353. The minimum atomic E-state index is 0.186. The lowest BCUT2D eigenvalue weighted by molar-refractivity contribution is -0.118. The monoisotopic (exact) mass is 255 g/mol. The van der Waals surface area contributed by atoms with Crippen LogP contribution in [0.3, 0.4) is 0 Å². The van der Waals surface area contributed by atoms with E-state index in [2.05, 4.69) is 18.2 Å². The average Bonchev–Trinajstić information content (AvgIpc) is 2.39. The molecule has 0 spiro atoms. The van der Waals surface area contributed by atoms with Gasteiger partial charge in [-0.1, -0.05) is 42.5 Å². The summed E-state index contributed by atoms with van der Waals surface area (Å²) in [4.78, 5) is 12.0. The van der Waals surface area contributed by atoms with Gasteiger partial charge < -0.3 is 5.73 Å². The Morgan fingerprint density at radius 2 is 1.89 bits per heavy atom. The van der Waals surface area contributed by atoms with E-state index in [0.717, 1.165) is 18.4 Å². The van der Waals surface area contributed by atoms with Crippen LogP contribution < -0.4 is 5.73 Å². The molecule has 100 valence electrons. The van der Waals surface area contributed by atoms with Crippen LogP contribution in [0, 0.1) is 0 Å². The molecule has 0 saturated heterocycles. The Bertz CT molecular complexity index is 555. The van der Waals surface area contributed by atoms with Crippen LogP contribution in [-0.2, 0) is 11.2 Å². The van der Waals surface area contributed by atoms with Crippen molar-refractivity contribution in [1.29, 1.82) is 0 Å². The number of hydrogen-bond donors (Lipinski definition) is 1. The fourth-order valence-electron chi connectivity index (χ4n) is 2.37. The summed E-state index contributed by atoms with van der Waals surface area (Å²) in [5.74, 6) is 0.303. The molecule has 0 fully saturated rings. The van der Waals surface area contributed by atoms with Crippen molar-refractivity contribution < 1.29 is 4.79 Å². The van der Waals surface area contributed by atoms with Gasteiger partial charge in [0, 0.05) is 18.9 Å². The molecule has 2 nitrogen and oxygen atoms in total. The second-order valence-electron chi connectivity index (χ2n) is 5.22. The van der Waals surface area contributed by atoms with Gasteiger partial charge in [-0.25, -0.2) is 0 Å². The van der Waals surface area contributed by atoms with Crippen molar-refractivity contribution in [3.8, 4) is 0 Å². The van der Waals surface area contributed by atoms with Crippen LogP contribution in [0.5, 0.6) is 0 Å². The van der Waals surface area contributed by atoms with Crippen molar-refractivity contribution in [2.24, 2.45) is 5.73 Å². The normalized spacial score (nSPS) is 12.5. The van der Waals surface area contributed by atoms with Crippen LogP contribution in [0.2, 0.25) is 0 Å². The molecule has 0 aliphatic heterocycles. The van der Waals surface area contributed by atoms with Crippen LogP contribution in [0.15, 0.2) is 42.5 Å². The number of fused-ring (bicyclic) bond motifs is 1. The zero-order valence-electron chi connectivity index (χ0n) is 11.4. The minimum Gasteiger partial charge on any atom is -0.328 e. The van der Waals surface area contributed by atoms with Crippen molar-refractivity contribution >= 4 is 16.6 Å². The molecule has 2 aromatic rings. The molecule has 0 amide bonds. The van der Waals surface area contributed by atoms with Gasteiger partial charge in [-0.2, -0.15) is 0 Å². The van der Waals surface area contributed by atoms with Gasteiger partial charge in [0.05, 0.1) is 0 Å². The van der Waals surface area contributed by atoms with E-state index >= 15 is 0 Å². The molecule has 0 radical (unpaired) electrons. The third kappa shape index (κ3) is 3.90. The van der Waals surface area contributed by atoms with Crippen molar-refractivity contribution in [2.45, 2.75) is 38.6 Å². The lowest BCUT2D eigenvalue weighted by Crippen LogP contribution is -2.15. The Balaban J connectivity index is 2.03. The topological polar surface area (TPSA) is 43.1 Å². The molecule has 2 aromatic carbocycles. The fourth-order valence-corrected chi connectivity index (χ4v) is 2.37. The minimum absolute atomic E-state index is 0.186. The molecular formula is C17H21NO. The van der Waals surface area contributed by atoms with Gasteiger partial charge in [0.2, 0.25) is 0 Å². The smallest absolute Gasteiger partial charge is 0.137 e. The predicted octanol–water partition coefficient (Wildman–Crippen LogP) is 3.47. The summed E-state index contributed by atoms with van der Waals surface area (Å²) in [5.41, 5.74) is 6.82. The number of hydrogen-bond acceptors (Lipinski definition) is 2. The number of carbonyl (C=O) groups is 1. The molecule has 0 heterocycles. The maximum absolute atomic E-state index is 12.0. The van der Waals surface area contributed by atoms with Gasteiger partial charge >= 0.3 is 0 Å². The summed E-state index contributed by atoms with van der Waals surface area (Å²) in [7, 11) is 0. The highest BCUT2D eigenvalue weighted by molar-refractivity contribution is 5.90. The van der Waals surface area contributed by atoms with Crippen molar-refractivity contribution in [3.63, 3.8) is 0 Å². The zero-order chi connectivity index (χ0) is 13.7. The lowest BCUT2D eigenvalue weighted by Gasteiger charge is -2.07. The number of ketones is 1. The molecule has 2 rings (SSSR count). The third-order valence-electron chi connectivity index (χ3n) is 3.38. The maximum atomic E-state index is 12.0. The predicted molar refractivity (Wildman–Crippen MR) is 80.2 cm³/mol. The summed E-state index contributed by atoms with van der Waals surface area (Å²) in [6.45, 7) is 1.98. The molecule has 2 N–H and O–H groups in total. The summed E-state index contributed by atoms with van der Waals surface area (Å²) in [6.07, 6.45) is 2.97. The Kier molecular flexibility index (Phi) is 4.69. The molecule has 0 aromatic heterocycles. The largest absolute Gasteiger partial charge is 0.328 e. The highest BCUT2D eigenvalue weighted by Gasteiger charge is 2.07. The van der Waals surface area contributed by atoms with E-state index in [1.807, 2.05) is 31.2 Å². The second-order valence-corrected chi connectivity index (χ2v) is 5.22. The van der Waals surface area contributed by atoms with E-state index in [-0.39, 0.29) is 6.04 Å². The molecule has 0 aliphatic rings. The van der Waals surface area contributed by atoms with Crippen LogP contribution in [0.4, 0.5) is 0 Å². The number of Topliss-reactive ketones (excluding diaryl/α,β-unsaturated/α-hetero) is 1. The lowest BCUT2D eigenvalue weighted by atomic mass is 9.98. The highest BCUT2D eigenvalue weighted by Crippen LogP contribution is 2.19. The molecule has 0 bridgehead atoms. The van der Waals surface area contributed by atoms with Gasteiger partial charge in [0.15, 0.2) is 0 Å². The molecule has 0 saturated carbocycles. The van der Waals surface area contributed by atoms with Crippen LogP contribution in [0.1, 0.15) is 31.7 Å². The molecule has 0 aliphatic carbocycles. The molecule has 2 heteroatoms. The third-order valence-corrected chi connectivity index (χ3v) is 3.38. The first kappa shape index (κ1) is 13.8. The number of rotatable bonds is 6. The van der Waals surface area contributed by atoms with Crippen LogP contribution >= 0.6 is 0 Å². The first-order chi connectivity index (χ1) is 9.16. The van der Waals surface area contributed by atoms with E-state index in [0.29, 0.717) is 18.6 Å². The van der Waals surface area contributed by atoms with E-state index in [9.17, 15) is 4.79 Å². The first-order valence-corrected chi connectivity index (χ1v) is 6.91. The Morgan fingerprint density at radius 1 is 1.16 bits per heavy atom. The van der Waals surface area contributed by atoms with E-state index < -0.39 is 0 Å². The molecule has 19 heavy (non-hydrogen) atoms. The number of carbonyl (C=O) groups excluding carboxylic acids is 1. The van der Waals surface area contributed by atoms with Crippen LogP contribution in [-0.4, -0.2) is 11.8 Å². The SMILES string of the molecule is CC(N)CCCC(=O)Cc1cccc2ccccc12. The summed E-state index contributed by atoms with van der Waals surface area (Å²) < 4.78 is 0. The van der Waals surface area contributed by atoms with E-state index in [4.69, 9.17) is 5.73 Å². The van der Waals surface area contributed by atoms with E-state index in [1.165, 1.54) is 10.8 Å². The van der Waals surface area contributed by atoms with Gasteiger partial charge in [0.25, 0.3) is 0 Å². The van der Waals surface area contributed by atoms with Gasteiger partial charge in [-0.05, 0) is 36.1 Å². The van der Waals surface area contributed by atoms with Gasteiger partial charge in [-0.3, -0.25) is 4.79 Å². The maximum Gasteiger partial charge on any atom is 0.137 e. The van der Waals surface area contributed by atoms with Crippen molar-refractivity contribution in [1.82, 2.24) is 0 Å². The summed E-state index contributed by atoms with van der Waals surface area (Å²) >= 11 is 0. The molecule has 1 atom stereocenters. The summed E-state index contributed by atoms with van der Waals surface area (Å²) in [6, 6.07) is 14.5. The summed E-state index contributed by atoms with van der Waals surface area (Å²) in [5, 5.41) is 2.38. The Hall–Kier alpha value is -1.67. The standard InChI is InChI=1S/C17H21NO/c1-13(18)6-4-10-16(19)12-15-9-5-8-14-7-2-3-11-17(14)15/h2-3,5,7-9,11,13H,4,6,10,12,18H2,1H3.